The van der Waals surface area contributed by atoms with Gasteiger partial charge in [0.05, 0.1) is 11.1 Å². The fourth-order valence-corrected chi connectivity index (χ4v) is 2.09. The standard InChI is InChI=1S/C13H15BrO2/c1-9(15)6-11-4-5-13(12(14)7-11)16-8-10-2-3-10/h4-5,7,10H,2-3,6,8H2,1H3. The molecule has 0 heterocycles. The highest BCUT2D eigenvalue weighted by atomic mass is 79.9. The molecule has 0 aliphatic heterocycles. The van der Waals surface area contributed by atoms with Gasteiger partial charge in [0, 0.05) is 6.42 Å². The van der Waals surface area contributed by atoms with Crippen LogP contribution in [-0.4, -0.2) is 12.4 Å². The molecule has 0 amide bonds. The van der Waals surface area contributed by atoms with Gasteiger partial charge in [0.15, 0.2) is 0 Å². The zero-order chi connectivity index (χ0) is 11.5. The first kappa shape index (κ1) is 11.6. The lowest BCUT2D eigenvalue weighted by molar-refractivity contribution is -0.116. The molecule has 1 aliphatic rings. The molecule has 0 spiro atoms. The molecule has 16 heavy (non-hydrogen) atoms. The molecule has 1 fully saturated rings. The van der Waals surface area contributed by atoms with Crippen LogP contribution in [0.1, 0.15) is 25.3 Å². The molecule has 1 saturated carbocycles. The van der Waals surface area contributed by atoms with E-state index in [2.05, 4.69) is 15.9 Å². The number of hydrogen-bond donors (Lipinski definition) is 0. The van der Waals surface area contributed by atoms with E-state index in [1.54, 1.807) is 6.92 Å². The van der Waals surface area contributed by atoms with Crippen molar-refractivity contribution in [3.63, 3.8) is 0 Å². The zero-order valence-corrected chi connectivity index (χ0v) is 10.9. The minimum Gasteiger partial charge on any atom is -0.492 e. The van der Waals surface area contributed by atoms with Crippen molar-refractivity contribution in [3.8, 4) is 5.75 Å². The van der Waals surface area contributed by atoms with Gasteiger partial charge >= 0.3 is 0 Å². The van der Waals surface area contributed by atoms with E-state index in [0.29, 0.717) is 6.42 Å². The van der Waals surface area contributed by atoms with E-state index in [4.69, 9.17) is 4.74 Å². The summed E-state index contributed by atoms with van der Waals surface area (Å²) in [6, 6.07) is 5.85. The molecule has 0 atom stereocenters. The molecule has 0 bridgehead atoms. The molecule has 1 aliphatic carbocycles. The average molecular weight is 283 g/mol. The monoisotopic (exact) mass is 282 g/mol. The third kappa shape index (κ3) is 3.34. The second-order valence-corrected chi connectivity index (χ2v) is 5.25. The van der Waals surface area contributed by atoms with Crippen molar-refractivity contribution < 1.29 is 9.53 Å². The molecule has 3 heteroatoms. The lowest BCUT2D eigenvalue weighted by Crippen LogP contribution is -2.01. The van der Waals surface area contributed by atoms with Gasteiger partial charge in [-0.2, -0.15) is 0 Å². The van der Waals surface area contributed by atoms with Crippen LogP contribution in [0, 0.1) is 5.92 Å². The van der Waals surface area contributed by atoms with Crippen molar-refractivity contribution in [2.45, 2.75) is 26.2 Å². The first-order chi connectivity index (χ1) is 7.65. The summed E-state index contributed by atoms with van der Waals surface area (Å²) in [6.07, 6.45) is 3.07. The van der Waals surface area contributed by atoms with Crippen LogP contribution in [0.4, 0.5) is 0 Å². The second kappa shape index (κ2) is 5.00. The Hall–Kier alpha value is -0.830. The molecule has 0 N–H and O–H groups in total. The van der Waals surface area contributed by atoms with Gasteiger partial charge in [-0.15, -0.1) is 0 Å². The van der Waals surface area contributed by atoms with E-state index < -0.39 is 0 Å². The number of carbonyl (C=O) groups is 1. The molecule has 2 rings (SSSR count). The van der Waals surface area contributed by atoms with E-state index in [-0.39, 0.29) is 5.78 Å². The Kier molecular flexibility index (Phi) is 3.64. The highest BCUT2D eigenvalue weighted by Gasteiger charge is 2.22. The van der Waals surface area contributed by atoms with Crippen molar-refractivity contribution >= 4 is 21.7 Å². The molecule has 86 valence electrons. The summed E-state index contributed by atoms with van der Waals surface area (Å²) < 4.78 is 6.63. The Bertz CT molecular complexity index is 397. The SMILES string of the molecule is CC(=O)Cc1ccc(OCC2CC2)c(Br)c1. The minimum atomic E-state index is 0.179. The smallest absolute Gasteiger partial charge is 0.134 e. The van der Waals surface area contributed by atoms with Gasteiger partial charge < -0.3 is 4.74 Å². The summed E-state index contributed by atoms with van der Waals surface area (Å²) in [5, 5.41) is 0. The van der Waals surface area contributed by atoms with E-state index >= 15 is 0 Å². The quantitative estimate of drug-likeness (QED) is 0.828. The summed E-state index contributed by atoms with van der Waals surface area (Å²) in [6.45, 7) is 2.41. The summed E-state index contributed by atoms with van der Waals surface area (Å²) in [5.41, 5.74) is 1.03. The Morgan fingerprint density at radius 1 is 1.50 bits per heavy atom. The first-order valence-electron chi connectivity index (χ1n) is 5.56. The fraction of sp³-hybridized carbons (Fsp3) is 0.462. The Morgan fingerprint density at radius 2 is 2.25 bits per heavy atom. The number of halogens is 1. The van der Waals surface area contributed by atoms with E-state index in [9.17, 15) is 4.79 Å². The molecule has 1 aromatic carbocycles. The molecular formula is C13H15BrO2. The van der Waals surface area contributed by atoms with Gasteiger partial charge in [0.2, 0.25) is 0 Å². The third-order valence-electron chi connectivity index (χ3n) is 2.62. The van der Waals surface area contributed by atoms with Crippen LogP contribution in [0.5, 0.6) is 5.75 Å². The number of carbonyl (C=O) groups excluding carboxylic acids is 1. The van der Waals surface area contributed by atoms with Crippen molar-refractivity contribution in [3.05, 3.63) is 28.2 Å². The lowest BCUT2D eigenvalue weighted by Gasteiger charge is -2.08. The molecule has 1 aromatic rings. The van der Waals surface area contributed by atoms with Gasteiger partial charge in [-0.25, -0.2) is 0 Å². The summed E-state index contributed by atoms with van der Waals surface area (Å²) in [5.74, 6) is 1.81. The maximum atomic E-state index is 11.0. The number of hydrogen-bond acceptors (Lipinski definition) is 2. The summed E-state index contributed by atoms with van der Waals surface area (Å²) in [7, 11) is 0. The van der Waals surface area contributed by atoms with Crippen molar-refractivity contribution in [1.82, 2.24) is 0 Å². The predicted octanol–water partition coefficient (Wildman–Crippen LogP) is 3.37. The van der Waals surface area contributed by atoms with Crippen LogP contribution in [0.3, 0.4) is 0 Å². The lowest BCUT2D eigenvalue weighted by atomic mass is 10.1. The van der Waals surface area contributed by atoms with Crippen molar-refractivity contribution in [2.24, 2.45) is 5.92 Å². The average Bonchev–Trinajstić information content (AvgIpc) is 2.99. The van der Waals surface area contributed by atoms with Gasteiger partial charge in [-0.05, 0) is 59.3 Å². The first-order valence-corrected chi connectivity index (χ1v) is 6.35. The van der Waals surface area contributed by atoms with Gasteiger partial charge in [0.25, 0.3) is 0 Å². The second-order valence-electron chi connectivity index (χ2n) is 4.40. The van der Waals surface area contributed by atoms with Crippen LogP contribution in [0.15, 0.2) is 22.7 Å². The number of ether oxygens (including phenoxy) is 1. The molecule has 0 unspecified atom stereocenters. The highest BCUT2D eigenvalue weighted by molar-refractivity contribution is 9.10. The number of ketones is 1. The normalized spacial score (nSPS) is 14.9. The van der Waals surface area contributed by atoms with Gasteiger partial charge in [-0.1, -0.05) is 6.07 Å². The van der Waals surface area contributed by atoms with E-state index in [1.165, 1.54) is 12.8 Å². The Labute approximate surface area is 104 Å². The van der Waals surface area contributed by atoms with E-state index in [0.717, 1.165) is 28.3 Å². The minimum absolute atomic E-state index is 0.179. The summed E-state index contributed by atoms with van der Waals surface area (Å²) >= 11 is 3.47. The largest absolute Gasteiger partial charge is 0.492 e. The zero-order valence-electron chi connectivity index (χ0n) is 9.33. The van der Waals surface area contributed by atoms with Crippen LogP contribution in [0.2, 0.25) is 0 Å². The van der Waals surface area contributed by atoms with Crippen molar-refractivity contribution in [2.75, 3.05) is 6.61 Å². The Balaban J connectivity index is 2.00. The van der Waals surface area contributed by atoms with Crippen molar-refractivity contribution in [1.29, 1.82) is 0 Å². The molecular weight excluding hydrogens is 268 g/mol. The van der Waals surface area contributed by atoms with Crippen LogP contribution >= 0.6 is 15.9 Å². The van der Waals surface area contributed by atoms with E-state index in [1.807, 2.05) is 18.2 Å². The summed E-state index contributed by atoms with van der Waals surface area (Å²) in [4.78, 5) is 11.0. The van der Waals surface area contributed by atoms with Gasteiger partial charge in [0.1, 0.15) is 11.5 Å². The Morgan fingerprint density at radius 3 is 2.81 bits per heavy atom. The van der Waals surface area contributed by atoms with Crippen LogP contribution in [-0.2, 0) is 11.2 Å². The van der Waals surface area contributed by atoms with Crippen LogP contribution < -0.4 is 4.74 Å². The molecule has 0 radical (unpaired) electrons. The molecule has 2 nitrogen and oxygen atoms in total. The van der Waals surface area contributed by atoms with Gasteiger partial charge in [-0.3, -0.25) is 4.79 Å². The number of benzene rings is 1. The van der Waals surface area contributed by atoms with Crippen LogP contribution in [0.25, 0.3) is 0 Å². The maximum Gasteiger partial charge on any atom is 0.134 e. The third-order valence-corrected chi connectivity index (χ3v) is 3.24. The molecule has 0 saturated heterocycles. The predicted molar refractivity (Wildman–Crippen MR) is 66.7 cm³/mol. The topological polar surface area (TPSA) is 26.3 Å². The number of Topliss-reactive ketones (excluding diaryl/α,β-unsaturated/α-hetero) is 1. The number of rotatable bonds is 5. The highest BCUT2D eigenvalue weighted by Crippen LogP contribution is 2.32. The maximum absolute atomic E-state index is 11.0. The molecule has 0 aromatic heterocycles. The fourth-order valence-electron chi connectivity index (χ4n) is 1.55.